The molecule has 98 valence electrons. The molecule has 7 heteroatoms. The Morgan fingerprint density at radius 2 is 2.20 bits per heavy atom. The molecule has 0 amide bonds. The van der Waals surface area contributed by atoms with Crippen LogP contribution in [0.4, 0.5) is 5.82 Å². The van der Waals surface area contributed by atoms with Crippen molar-refractivity contribution in [3.05, 3.63) is 40.5 Å². The van der Waals surface area contributed by atoms with E-state index in [0.717, 1.165) is 0 Å². The van der Waals surface area contributed by atoms with Gasteiger partial charge in [-0.1, -0.05) is 0 Å². The summed E-state index contributed by atoms with van der Waals surface area (Å²) in [6, 6.07) is 8.65. The third kappa shape index (κ3) is 1.99. The minimum atomic E-state index is -0.514. The molecule has 0 aliphatic rings. The number of hydrogen-bond donors (Lipinski definition) is 2. The van der Waals surface area contributed by atoms with Crippen LogP contribution in [0, 0.1) is 11.3 Å². The second-order valence-electron chi connectivity index (χ2n) is 4.05. The summed E-state index contributed by atoms with van der Waals surface area (Å²) >= 11 is 0. The fraction of sp³-hybridized carbons (Fsp3) is 0.0769. The molecule has 2 aromatic heterocycles. The van der Waals surface area contributed by atoms with Gasteiger partial charge in [0.15, 0.2) is 11.4 Å². The SMILES string of the molecule is CNc1cc(C#N)nc(-c2ccc3[nH]c(=O)oc3c2)n1. The van der Waals surface area contributed by atoms with E-state index in [9.17, 15) is 4.79 Å². The lowest BCUT2D eigenvalue weighted by Gasteiger charge is -2.04. The molecule has 20 heavy (non-hydrogen) atoms. The van der Waals surface area contributed by atoms with Gasteiger partial charge in [0.05, 0.1) is 5.52 Å². The fourth-order valence-electron chi connectivity index (χ4n) is 1.85. The van der Waals surface area contributed by atoms with Gasteiger partial charge in [0, 0.05) is 18.7 Å². The van der Waals surface area contributed by atoms with Gasteiger partial charge in [-0.2, -0.15) is 5.26 Å². The molecule has 0 unspecified atom stereocenters. The number of benzene rings is 1. The van der Waals surface area contributed by atoms with Crippen LogP contribution < -0.4 is 11.1 Å². The number of nitriles is 1. The van der Waals surface area contributed by atoms with Crippen molar-refractivity contribution in [2.75, 3.05) is 12.4 Å². The Bertz CT molecular complexity index is 888. The number of anilines is 1. The van der Waals surface area contributed by atoms with Crippen molar-refractivity contribution in [3.8, 4) is 17.5 Å². The van der Waals surface area contributed by atoms with Crippen LogP contribution in [0.3, 0.4) is 0 Å². The quantitative estimate of drug-likeness (QED) is 0.728. The number of fused-ring (bicyclic) bond motifs is 1. The number of H-pyrrole nitrogens is 1. The van der Waals surface area contributed by atoms with Crippen molar-refractivity contribution in [2.45, 2.75) is 0 Å². The molecule has 0 aliphatic carbocycles. The number of nitrogens with zero attached hydrogens (tertiary/aromatic N) is 3. The molecule has 2 N–H and O–H groups in total. The smallest absolute Gasteiger partial charge is 0.408 e. The summed E-state index contributed by atoms with van der Waals surface area (Å²) < 4.78 is 5.00. The summed E-state index contributed by atoms with van der Waals surface area (Å²) in [5.41, 5.74) is 1.94. The summed E-state index contributed by atoms with van der Waals surface area (Å²) in [6.07, 6.45) is 0. The first-order chi connectivity index (χ1) is 9.69. The average Bonchev–Trinajstić information content (AvgIpc) is 2.85. The van der Waals surface area contributed by atoms with E-state index in [0.29, 0.717) is 28.3 Å². The number of hydrogen-bond acceptors (Lipinski definition) is 6. The summed E-state index contributed by atoms with van der Waals surface area (Å²) in [5, 5.41) is 11.8. The number of oxazole rings is 1. The van der Waals surface area contributed by atoms with Crippen molar-refractivity contribution < 1.29 is 4.42 Å². The molecule has 3 rings (SSSR count). The standard InChI is InChI=1S/C13H9N5O2/c1-15-11-5-8(6-14)16-12(18-11)7-2-3-9-10(4-7)20-13(19)17-9/h2-5H,1H3,(H,17,19)(H,15,16,18). The van der Waals surface area contributed by atoms with Gasteiger partial charge in [-0.05, 0) is 18.2 Å². The minimum Gasteiger partial charge on any atom is -0.408 e. The minimum absolute atomic E-state index is 0.259. The van der Waals surface area contributed by atoms with Crippen LogP contribution in [-0.2, 0) is 0 Å². The average molecular weight is 267 g/mol. The Kier molecular flexibility index (Phi) is 2.69. The first-order valence-corrected chi connectivity index (χ1v) is 5.80. The highest BCUT2D eigenvalue weighted by atomic mass is 16.4. The number of aromatic amines is 1. The van der Waals surface area contributed by atoms with Gasteiger partial charge >= 0.3 is 5.76 Å². The second-order valence-corrected chi connectivity index (χ2v) is 4.05. The molecular weight excluding hydrogens is 258 g/mol. The van der Waals surface area contributed by atoms with Crippen molar-refractivity contribution in [3.63, 3.8) is 0 Å². The summed E-state index contributed by atoms with van der Waals surface area (Å²) in [6.45, 7) is 0. The Balaban J connectivity index is 2.19. The number of aromatic nitrogens is 3. The van der Waals surface area contributed by atoms with E-state index < -0.39 is 5.76 Å². The van der Waals surface area contributed by atoms with Crippen molar-refractivity contribution in [1.82, 2.24) is 15.0 Å². The Hall–Kier alpha value is -3.14. The van der Waals surface area contributed by atoms with Gasteiger partial charge in [-0.25, -0.2) is 14.8 Å². The van der Waals surface area contributed by atoms with E-state index in [1.54, 1.807) is 31.3 Å². The van der Waals surface area contributed by atoms with Crippen molar-refractivity contribution in [1.29, 1.82) is 5.26 Å². The van der Waals surface area contributed by atoms with Crippen LogP contribution in [0.1, 0.15) is 5.69 Å². The molecule has 7 nitrogen and oxygen atoms in total. The Morgan fingerprint density at radius 1 is 1.35 bits per heavy atom. The molecule has 0 radical (unpaired) electrons. The lowest BCUT2D eigenvalue weighted by molar-refractivity contribution is 0.555. The van der Waals surface area contributed by atoms with Gasteiger partial charge in [-0.15, -0.1) is 0 Å². The van der Waals surface area contributed by atoms with E-state index in [4.69, 9.17) is 9.68 Å². The number of rotatable bonds is 2. The van der Waals surface area contributed by atoms with E-state index in [1.807, 2.05) is 6.07 Å². The predicted molar refractivity (Wildman–Crippen MR) is 72.1 cm³/mol. The highest BCUT2D eigenvalue weighted by molar-refractivity contribution is 5.78. The van der Waals surface area contributed by atoms with Crippen LogP contribution in [0.15, 0.2) is 33.5 Å². The maximum absolute atomic E-state index is 11.1. The zero-order chi connectivity index (χ0) is 14.1. The highest BCUT2D eigenvalue weighted by Gasteiger charge is 2.09. The third-order valence-corrected chi connectivity index (χ3v) is 2.78. The van der Waals surface area contributed by atoms with Gasteiger partial charge in [-0.3, -0.25) is 4.98 Å². The van der Waals surface area contributed by atoms with E-state index in [1.165, 1.54) is 0 Å². The summed E-state index contributed by atoms with van der Waals surface area (Å²) in [5.74, 6) is 0.418. The second kappa shape index (κ2) is 4.51. The van der Waals surface area contributed by atoms with Crippen LogP contribution in [0.25, 0.3) is 22.5 Å². The molecule has 0 aliphatic heterocycles. The zero-order valence-corrected chi connectivity index (χ0v) is 10.5. The first kappa shape index (κ1) is 11.9. The van der Waals surface area contributed by atoms with Crippen molar-refractivity contribution >= 4 is 16.9 Å². The normalized spacial score (nSPS) is 10.4. The topological polar surface area (TPSA) is 108 Å². The molecule has 3 aromatic rings. The maximum Gasteiger partial charge on any atom is 0.417 e. The molecule has 0 fully saturated rings. The summed E-state index contributed by atoms with van der Waals surface area (Å²) in [7, 11) is 1.71. The Morgan fingerprint density at radius 3 is 2.95 bits per heavy atom. The lowest BCUT2D eigenvalue weighted by atomic mass is 10.2. The molecule has 0 saturated heterocycles. The molecule has 1 aromatic carbocycles. The van der Waals surface area contributed by atoms with Gasteiger partial charge in [0.2, 0.25) is 0 Å². The number of nitrogens with one attached hydrogen (secondary N) is 2. The van der Waals surface area contributed by atoms with Gasteiger partial charge in [0.25, 0.3) is 0 Å². The van der Waals surface area contributed by atoms with Crippen molar-refractivity contribution in [2.24, 2.45) is 0 Å². The fourth-order valence-corrected chi connectivity index (χ4v) is 1.85. The van der Waals surface area contributed by atoms with Crippen LogP contribution in [0.2, 0.25) is 0 Å². The van der Waals surface area contributed by atoms with E-state index in [-0.39, 0.29) is 5.69 Å². The molecule has 0 spiro atoms. The summed E-state index contributed by atoms with van der Waals surface area (Å²) in [4.78, 5) is 22.1. The van der Waals surface area contributed by atoms with E-state index >= 15 is 0 Å². The molecule has 0 saturated carbocycles. The predicted octanol–water partition coefficient (Wildman–Crippen LogP) is 1.49. The molecule has 0 bridgehead atoms. The Labute approximate surface area is 112 Å². The molecular formula is C13H9N5O2. The van der Waals surface area contributed by atoms with Gasteiger partial charge < -0.3 is 9.73 Å². The monoisotopic (exact) mass is 267 g/mol. The molecule has 0 atom stereocenters. The van der Waals surface area contributed by atoms with Crippen LogP contribution in [-0.4, -0.2) is 22.0 Å². The van der Waals surface area contributed by atoms with E-state index in [2.05, 4.69) is 20.3 Å². The zero-order valence-electron chi connectivity index (χ0n) is 10.5. The van der Waals surface area contributed by atoms with Gasteiger partial charge in [0.1, 0.15) is 17.6 Å². The highest BCUT2D eigenvalue weighted by Crippen LogP contribution is 2.21. The maximum atomic E-state index is 11.1. The van der Waals surface area contributed by atoms with Crippen LogP contribution >= 0.6 is 0 Å². The molecule has 2 heterocycles. The third-order valence-electron chi connectivity index (χ3n) is 2.78. The largest absolute Gasteiger partial charge is 0.417 e. The first-order valence-electron chi connectivity index (χ1n) is 5.80. The van der Waals surface area contributed by atoms with Crippen LogP contribution in [0.5, 0.6) is 0 Å². The lowest BCUT2D eigenvalue weighted by Crippen LogP contribution is -1.98.